The van der Waals surface area contributed by atoms with E-state index in [1.807, 2.05) is 0 Å². The van der Waals surface area contributed by atoms with E-state index in [0.29, 0.717) is 9.16 Å². The lowest BCUT2D eigenvalue weighted by Crippen LogP contribution is -2.27. The van der Waals surface area contributed by atoms with Crippen molar-refractivity contribution < 1.29 is 23.5 Å². The Kier molecular flexibility index (Phi) is 4.41. The average Bonchev–Trinajstić information content (AvgIpc) is 2.28. The van der Waals surface area contributed by atoms with Gasteiger partial charge in [-0.15, -0.1) is 0 Å². The minimum absolute atomic E-state index is 0.0797. The van der Waals surface area contributed by atoms with Crippen LogP contribution in [0.4, 0.5) is 0 Å². The smallest absolute Gasteiger partial charge is 0.303 e. The third-order valence-corrected chi connectivity index (χ3v) is 2.03. The first-order chi connectivity index (χ1) is 8.41. The fourth-order valence-corrected chi connectivity index (χ4v) is 1.19. The SMILES string of the molecule is CC(=O)OCc1c(COC(C)=O)[n+](=O)ccn1[O-]. The molecule has 18 heavy (non-hydrogen) atoms. The van der Waals surface area contributed by atoms with Gasteiger partial charge < -0.3 is 19.4 Å². The number of hydrogen-bond acceptors (Lipinski definition) is 6. The Bertz CT molecular complexity index is 522. The number of hydrogen-bond donors (Lipinski definition) is 0. The average molecular weight is 256 g/mol. The fourth-order valence-electron chi connectivity index (χ4n) is 1.19. The lowest BCUT2D eigenvalue weighted by atomic mass is 10.3. The van der Waals surface area contributed by atoms with Gasteiger partial charge in [-0.2, -0.15) is 0 Å². The Morgan fingerprint density at radius 3 is 2.39 bits per heavy atom. The van der Waals surface area contributed by atoms with Crippen LogP contribution in [0.3, 0.4) is 0 Å². The van der Waals surface area contributed by atoms with Crippen LogP contribution < -0.4 is 4.43 Å². The second kappa shape index (κ2) is 5.80. The van der Waals surface area contributed by atoms with Crippen LogP contribution in [0.25, 0.3) is 0 Å². The van der Waals surface area contributed by atoms with E-state index < -0.39 is 11.9 Å². The van der Waals surface area contributed by atoms with E-state index in [1.54, 1.807) is 0 Å². The molecule has 0 aromatic carbocycles. The predicted molar refractivity (Wildman–Crippen MR) is 57.5 cm³/mol. The molecule has 0 aliphatic heterocycles. The molecular weight excluding hydrogens is 244 g/mol. The zero-order valence-corrected chi connectivity index (χ0v) is 9.91. The summed E-state index contributed by atoms with van der Waals surface area (Å²) >= 11 is 0. The number of ether oxygens (including phenoxy) is 2. The van der Waals surface area contributed by atoms with Crippen molar-refractivity contribution in [1.29, 1.82) is 0 Å². The molecule has 0 fully saturated rings. The van der Waals surface area contributed by atoms with Crippen LogP contribution >= 0.6 is 0 Å². The minimum Gasteiger partial charge on any atom is -0.805 e. The van der Waals surface area contributed by atoms with E-state index in [2.05, 4.69) is 9.47 Å². The summed E-state index contributed by atoms with van der Waals surface area (Å²) in [5, 5.41) is 11.5. The number of aromatic nitrogens is 2. The highest BCUT2D eigenvalue weighted by Crippen LogP contribution is 2.06. The molecule has 0 spiro atoms. The fraction of sp³-hybridized carbons (Fsp3) is 0.400. The van der Waals surface area contributed by atoms with Gasteiger partial charge in [0.2, 0.25) is 6.20 Å². The largest absolute Gasteiger partial charge is 0.805 e. The standard InChI is InChI=1S/C10H12N2O6/c1-7(13)17-5-9-10(6-18-8(2)14)12(16)4-3-11(9)15/h3-4H,5-6H2,1-2H3. The molecule has 0 saturated carbocycles. The first kappa shape index (κ1) is 13.7. The number of carbonyl (C=O) groups excluding carboxylic acids is 2. The molecular formula is C10H12N2O6. The van der Waals surface area contributed by atoms with Gasteiger partial charge in [-0.05, 0) is 0 Å². The number of nitrogens with zero attached hydrogens (tertiary/aromatic N) is 2. The van der Waals surface area contributed by atoms with Crippen LogP contribution in [0, 0.1) is 10.1 Å². The molecule has 0 bridgehead atoms. The molecule has 1 aromatic heterocycles. The highest BCUT2D eigenvalue weighted by Gasteiger charge is 2.19. The van der Waals surface area contributed by atoms with Crippen molar-refractivity contribution >= 4 is 11.9 Å². The summed E-state index contributed by atoms with van der Waals surface area (Å²) in [7, 11) is 0. The molecule has 98 valence electrons. The molecule has 8 nitrogen and oxygen atoms in total. The van der Waals surface area contributed by atoms with Crippen LogP contribution in [0.2, 0.25) is 0 Å². The zero-order valence-electron chi connectivity index (χ0n) is 9.91. The van der Waals surface area contributed by atoms with E-state index in [-0.39, 0.29) is 24.6 Å². The van der Waals surface area contributed by atoms with E-state index in [1.165, 1.54) is 13.8 Å². The molecule has 0 amide bonds. The molecule has 0 unspecified atom stereocenters. The summed E-state index contributed by atoms with van der Waals surface area (Å²) < 4.78 is 10.1. The van der Waals surface area contributed by atoms with Crippen molar-refractivity contribution in [2.75, 3.05) is 0 Å². The Balaban J connectivity index is 3.04. The maximum absolute atomic E-state index is 11.5. The van der Waals surface area contributed by atoms with Crippen molar-refractivity contribution in [3.63, 3.8) is 0 Å². The van der Waals surface area contributed by atoms with Gasteiger partial charge in [0.05, 0.1) is 10.6 Å². The molecule has 8 heteroatoms. The van der Waals surface area contributed by atoms with E-state index in [0.717, 1.165) is 12.4 Å². The van der Waals surface area contributed by atoms with Gasteiger partial charge in [0.1, 0.15) is 12.3 Å². The molecule has 0 radical (unpaired) electrons. The summed E-state index contributed by atoms with van der Waals surface area (Å²) in [5.41, 5.74) is -0.159. The summed E-state index contributed by atoms with van der Waals surface area (Å²) in [6.45, 7) is 1.63. The maximum Gasteiger partial charge on any atom is 0.303 e. The van der Waals surface area contributed by atoms with Crippen molar-refractivity contribution in [3.05, 3.63) is 33.9 Å². The van der Waals surface area contributed by atoms with E-state index in [4.69, 9.17) is 0 Å². The number of esters is 2. The van der Waals surface area contributed by atoms with Gasteiger partial charge >= 0.3 is 11.9 Å². The van der Waals surface area contributed by atoms with Gasteiger partial charge in [0, 0.05) is 18.8 Å². The van der Waals surface area contributed by atoms with E-state index in [9.17, 15) is 19.7 Å². The molecule has 1 heterocycles. The quantitative estimate of drug-likeness (QED) is 0.549. The first-order valence-electron chi connectivity index (χ1n) is 5.01. The maximum atomic E-state index is 11.5. The van der Waals surface area contributed by atoms with Crippen LogP contribution in [0.1, 0.15) is 25.2 Å². The third kappa shape index (κ3) is 3.58. The Hall–Kier alpha value is -2.38. The van der Waals surface area contributed by atoms with Gasteiger partial charge in [-0.3, -0.25) is 9.59 Å². The third-order valence-electron chi connectivity index (χ3n) is 2.03. The summed E-state index contributed by atoms with van der Waals surface area (Å²) in [6, 6.07) is 0. The van der Waals surface area contributed by atoms with Crippen molar-refractivity contribution in [1.82, 2.24) is 4.73 Å². The zero-order chi connectivity index (χ0) is 13.7. The van der Waals surface area contributed by atoms with Gasteiger partial charge in [0.25, 0.3) is 5.69 Å². The number of carbonyl (C=O) groups is 2. The Morgan fingerprint density at radius 2 is 1.83 bits per heavy atom. The Labute approximate surface area is 102 Å². The topological polar surface area (TPSA) is 104 Å². The molecule has 0 aliphatic carbocycles. The monoisotopic (exact) mass is 256 g/mol. The molecule has 0 aliphatic rings. The van der Waals surface area contributed by atoms with Gasteiger partial charge in [-0.1, -0.05) is 0 Å². The van der Waals surface area contributed by atoms with Crippen molar-refractivity contribution in [2.24, 2.45) is 0 Å². The lowest BCUT2D eigenvalue weighted by Gasteiger charge is -2.15. The summed E-state index contributed by atoms with van der Waals surface area (Å²) in [4.78, 5) is 32.9. The molecule has 0 saturated heterocycles. The summed E-state index contributed by atoms with van der Waals surface area (Å²) in [6.07, 6.45) is 1.95. The van der Waals surface area contributed by atoms with Crippen LogP contribution in [-0.2, 0) is 32.3 Å². The predicted octanol–water partition coefficient (Wildman–Crippen LogP) is -0.125. The second-order valence-electron chi connectivity index (χ2n) is 3.40. The van der Waals surface area contributed by atoms with Crippen molar-refractivity contribution in [2.45, 2.75) is 27.1 Å². The Morgan fingerprint density at radius 1 is 1.28 bits per heavy atom. The van der Waals surface area contributed by atoms with Crippen LogP contribution in [-0.4, -0.2) is 16.7 Å². The molecule has 1 rings (SSSR count). The summed E-state index contributed by atoms with van der Waals surface area (Å²) in [5.74, 6) is -1.18. The minimum atomic E-state index is -0.588. The highest BCUT2D eigenvalue weighted by molar-refractivity contribution is 5.66. The number of rotatable bonds is 4. The van der Waals surface area contributed by atoms with Crippen LogP contribution in [0.5, 0.6) is 0 Å². The van der Waals surface area contributed by atoms with Gasteiger partial charge in [0.15, 0.2) is 6.61 Å². The van der Waals surface area contributed by atoms with Crippen molar-refractivity contribution in [3.8, 4) is 0 Å². The van der Waals surface area contributed by atoms with E-state index >= 15 is 0 Å². The lowest BCUT2D eigenvalue weighted by molar-refractivity contribution is -0.509. The molecule has 0 atom stereocenters. The highest BCUT2D eigenvalue weighted by atomic mass is 16.5. The molecule has 1 aromatic rings. The first-order valence-corrected chi connectivity index (χ1v) is 5.01. The molecule has 0 N–H and O–H groups in total. The second-order valence-corrected chi connectivity index (χ2v) is 3.40. The van der Waals surface area contributed by atoms with Gasteiger partial charge in [-0.25, -0.2) is 0 Å². The van der Waals surface area contributed by atoms with Crippen LogP contribution in [0.15, 0.2) is 12.4 Å². The normalized spacial score (nSPS) is 9.89.